The van der Waals surface area contributed by atoms with Gasteiger partial charge in [-0.2, -0.15) is 0 Å². The molecule has 116 valence electrons. The maximum absolute atomic E-state index is 4.57. The normalized spacial score (nSPS) is 14.0. The van der Waals surface area contributed by atoms with Gasteiger partial charge in [0.1, 0.15) is 0 Å². The largest absolute Gasteiger partial charge is 0.253 e. The summed E-state index contributed by atoms with van der Waals surface area (Å²) < 4.78 is 0. The van der Waals surface area contributed by atoms with Crippen LogP contribution in [0.25, 0.3) is 10.9 Å². The van der Waals surface area contributed by atoms with Crippen molar-refractivity contribution in [2.24, 2.45) is 5.92 Å². The third-order valence-electron chi connectivity index (χ3n) is 3.90. The lowest BCUT2D eigenvalue weighted by molar-refractivity contribution is 0.773. The number of aromatic nitrogens is 1. The number of fused-ring (bicyclic) bond motifs is 1. The highest BCUT2D eigenvalue weighted by atomic mass is 14.7. The fourth-order valence-corrected chi connectivity index (χ4v) is 2.47. The van der Waals surface area contributed by atoms with Crippen molar-refractivity contribution < 1.29 is 0 Å². The van der Waals surface area contributed by atoms with E-state index >= 15 is 0 Å². The van der Waals surface area contributed by atoms with Crippen molar-refractivity contribution in [2.45, 2.75) is 46.5 Å². The smallest absolute Gasteiger partial charge is 0.0705 e. The second kappa shape index (κ2) is 7.93. The van der Waals surface area contributed by atoms with Gasteiger partial charge >= 0.3 is 0 Å². The molecular formula is C21H27N. The summed E-state index contributed by atoms with van der Waals surface area (Å²) in [6, 6.07) is 12.5. The van der Waals surface area contributed by atoms with Gasteiger partial charge in [0.2, 0.25) is 0 Å². The molecule has 0 bridgehead atoms. The molecule has 0 unspecified atom stereocenters. The predicted molar refractivity (Wildman–Crippen MR) is 97.1 cm³/mol. The molecule has 0 saturated heterocycles. The second-order valence-corrected chi connectivity index (χ2v) is 6.42. The summed E-state index contributed by atoms with van der Waals surface area (Å²) in [5.74, 6) is 1.21. The topological polar surface area (TPSA) is 12.9 Å². The van der Waals surface area contributed by atoms with Crippen LogP contribution in [-0.2, 0) is 0 Å². The maximum Gasteiger partial charge on any atom is 0.0705 e. The zero-order chi connectivity index (χ0) is 15.9. The van der Waals surface area contributed by atoms with E-state index in [4.69, 9.17) is 0 Å². The van der Waals surface area contributed by atoms with E-state index in [0.717, 1.165) is 5.52 Å². The van der Waals surface area contributed by atoms with E-state index < -0.39 is 0 Å². The Morgan fingerprint density at radius 3 is 2.23 bits per heavy atom. The van der Waals surface area contributed by atoms with Crippen LogP contribution in [0.15, 0.2) is 60.2 Å². The summed E-state index contributed by atoms with van der Waals surface area (Å²) in [7, 11) is 0. The van der Waals surface area contributed by atoms with Gasteiger partial charge in [-0.3, -0.25) is 4.98 Å². The van der Waals surface area contributed by atoms with Crippen LogP contribution in [0.3, 0.4) is 0 Å². The number of hydrogen-bond donors (Lipinski definition) is 0. The summed E-state index contributed by atoms with van der Waals surface area (Å²) in [5.41, 5.74) is 3.76. The van der Waals surface area contributed by atoms with Gasteiger partial charge in [0.25, 0.3) is 0 Å². The molecule has 0 spiro atoms. The highest BCUT2D eigenvalue weighted by molar-refractivity contribution is 5.78. The first kappa shape index (κ1) is 16.5. The van der Waals surface area contributed by atoms with Gasteiger partial charge in [0.05, 0.1) is 5.52 Å². The molecule has 0 fully saturated rings. The van der Waals surface area contributed by atoms with Crippen LogP contribution in [0.5, 0.6) is 0 Å². The van der Waals surface area contributed by atoms with Crippen LogP contribution in [0, 0.1) is 5.92 Å². The molecule has 0 aliphatic heterocycles. The Bertz CT molecular complexity index is 662. The Morgan fingerprint density at radius 1 is 0.864 bits per heavy atom. The lowest BCUT2D eigenvalue weighted by atomic mass is 9.97. The minimum absolute atomic E-state index is 0.504. The summed E-state index contributed by atoms with van der Waals surface area (Å²) >= 11 is 0. The zero-order valence-electron chi connectivity index (χ0n) is 14.2. The quantitative estimate of drug-likeness (QED) is 0.635. The Kier molecular flexibility index (Phi) is 5.94. The molecule has 1 aliphatic carbocycles. The lowest BCUT2D eigenvalue weighted by Crippen LogP contribution is -1.92. The van der Waals surface area contributed by atoms with E-state index in [1.54, 1.807) is 0 Å². The van der Waals surface area contributed by atoms with Crippen LogP contribution in [-0.4, -0.2) is 4.98 Å². The Balaban J connectivity index is 0.000000172. The monoisotopic (exact) mass is 293 g/mol. The maximum atomic E-state index is 4.57. The number of hydrogen-bond acceptors (Lipinski definition) is 1. The molecule has 1 heterocycles. The molecule has 1 heteroatoms. The van der Waals surface area contributed by atoms with Crippen molar-refractivity contribution >= 4 is 10.9 Å². The Hall–Kier alpha value is -1.89. The molecule has 2 aromatic rings. The van der Waals surface area contributed by atoms with Crippen molar-refractivity contribution in [3.63, 3.8) is 0 Å². The number of rotatable bonds is 2. The van der Waals surface area contributed by atoms with Crippen molar-refractivity contribution in [1.29, 1.82) is 0 Å². The first-order chi connectivity index (χ1) is 10.6. The van der Waals surface area contributed by atoms with Gasteiger partial charge in [-0.1, -0.05) is 70.2 Å². The van der Waals surface area contributed by atoms with E-state index in [1.165, 1.54) is 29.5 Å². The third-order valence-corrected chi connectivity index (χ3v) is 3.90. The number of benzene rings is 1. The SMILES string of the molecule is CC(C)C1=CCCC=C1.CC(C)c1ccc2ccccc2n1. The third kappa shape index (κ3) is 4.56. The molecule has 1 nitrogen and oxygen atoms in total. The van der Waals surface area contributed by atoms with Crippen molar-refractivity contribution in [3.05, 3.63) is 65.9 Å². The van der Waals surface area contributed by atoms with E-state index in [9.17, 15) is 0 Å². The minimum atomic E-state index is 0.504. The van der Waals surface area contributed by atoms with E-state index in [0.29, 0.717) is 11.8 Å². The number of nitrogens with zero attached hydrogens (tertiary/aromatic N) is 1. The molecular weight excluding hydrogens is 266 g/mol. The molecule has 1 aromatic heterocycles. The average Bonchev–Trinajstić information content (AvgIpc) is 2.55. The van der Waals surface area contributed by atoms with Gasteiger partial charge in [-0.05, 0) is 42.4 Å². The fraction of sp³-hybridized carbons (Fsp3) is 0.381. The van der Waals surface area contributed by atoms with E-state index in [1.807, 2.05) is 12.1 Å². The van der Waals surface area contributed by atoms with Gasteiger partial charge in [0, 0.05) is 11.1 Å². The fourth-order valence-electron chi connectivity index (χ4n) is 2.47. The van der Waals surface area contributed by atoms with Gasteiger partial charge in [-0.25, -0.2) is 0 Å². The molecule has 1 aliphatic rings. The van der Waals surface area contributed by atoms with Crippen molar-refractivity contribution in [3.8, 4) is 0 Å². The molecule has 0 saturated carbocycles. The van der Waals surface area contributed by atoms with Crippen LogP contribution in [0.2, 0.25) is 0 Å². The summed E-state index contributed by atoms with van der Waals surface area (Å²) in [6.07, 6.45) is 9.31. The Labute approximate surface area is 134 Å². The Morgan fingerprint density at radius 2 is 1.64 bits per heavy atom. The molecule has 3 rings (SSSR count). The predicted octanol–water partition coefficient (Wildman–Crippen LogP) is 6.28. The standard InChI is InChI=1S/C12H13N.C9H14/c1-9(2)11-8-7-10-5-3-4-6-12(10)13-11;1-8(2)9-6-4-3-5-7-9/h3-9H,1-2H3;4,6-8H,3,5H2,1-2H3. The lowest BCUT2D eigenvalue weighted by Gasteiger charge is -2.08. The van der Waals surface area contributed by atoms with Crippen LogP contribution in [0.1, 0.15) is 52.1 Å². The molecule has 22 heavy (non-hydrogen) atoms. The number of allylic oxidation sites excluding steroid dienone is 4. The first-order valence-electron chi connectivity index (χ1n) is 8.30. The summed E-state index contributed by atoms with van der Waals surface area (Å²) in [6.45, 7) is 8.80. The van der Waals surface area contributed by atoms with Gasteiger partial charge < -0.3 is 0 Å². The van der Waals surface area contributed by atoms with Crippen LogP contribution in [0.4, 0.5) is 0 Å². The average molecular weight is 293 g/mol. The first-order valence-corrected chi connectivity index (χ1v) is 8.30. The molecule has 0 radical (unpaired) electrons. The minimum Gasteiger partial charge on any atom is -0.253 e. The van der Waals surface area contributed by atoms with E-state index in [-0.39, 0.29) is 0 Å². The second-order valence-electron chi connectivity index (χ2n) is 6.42. The van der Waals surface area contributed by atoms with Crippen molar-refractivity contribution in [2.75, 3.05) is 0 Å². The molecule has 0 N–H and O–H groups in total. The van der Waals surface area contributed by atoms with Gasteiger partial charge in [-0.15, -0.1) is 0 Å². The zero-order valence-corrected chi connectivity index (χ0v) is 14.2. The number of pyridine rings is 1. The summed E-state index contributed by atoms with van der Waals surface area (Å²) in [4.78, 5) is 4.57. The van der Waals surface area contributed by atoms with Gasteiger partial charge in [0.15, 0.2) is 0 Å². The highest BCUT2D eigenvalue weighted by Gasteiger charge is 2.01. The van der Waals surface area contributed by atoms with E-state index in [2.05, 4.69) is 75.2 Å². The van der Waals surface area contributed by atoms with Crippen molar-refractivity contribution in [1.82, 2.24) is 4.98 Å². The molecule has 0 atom stereocenters. The number of para-hydroxylation sites is 1. The summed E-state index contributed by atoms with van der Waals surface area (Å²) in [5, 5.41) is 1.21. The highest BCUT2D eigenvalue weighted by Crippen LogP contribution is 2.17. The molecule has 1 aromatic carbocycles. The molecule has 0 amide bonds. The van der Waals surface area contributed by atoms with Crippen LogP contribution >= 0.6 is 0 Å². The van der Waals surface area contributed by atoms with Crippen LogP contribution < -0.4 is 0 Å².